The number of carbonyl (C=O) groups excluding carboxylic acids is 1. The molecule has 18 heavy (non-hydrogen) atoms. The van der Waals surface area contributed by atoms with Gasteiger partial charge in [-0.1, -0.05) is 6.07 Å². The largest absolute Gasteiger partial charge is 1.00 e. The molecule has 0 amide bonds. The summed E-state index contributed by atoms with van der Waals surface area (Å²) in [5, 5.41) is 10.6. The first-order valence-electron chi connectivity index (χ1n) is 5.15. The van der Waals surface area contributed by atoms with Crippen molar-refractivity contribution in [1.29, 1.82) is 0 Å². The summed E-state index contributed by atoms with van der Waals surface area (Å²) in [6, 6.07) is 5.60. The van der Waals surface area contributed by atoms with Crippen LogP contribution >= 0.6 is 0 Å². The van der Waals surface area contributed by atoms with Crippen molar-refractivity contribution in [2.24, 2.45) is 0 Å². The Hall–Kier alpha value is -1.83. The van der Waals surface area contributed by atoms with Gasteiger partial charge in [0.2, 0.25) is 6.54 Å². The minimum Gasteiger partial charge on any atom is -1.00 e. The summed E-state index contributed by atoms with van der Waals surface area (Å²) in [6.45, 7) is 0.923. The maximum Gasteiger partial charge on any atom is 0.372 e. The van der Waals surface area contributed by atoms with Gasteiger partial charge in [-0.05, 0) is 10.4 Å². The molecule has 0 fully saturated rings. The highest BCUT2D eigenvalue weighted by Gasteiger charge is 2.09. The lowest BCUT2D eigenvalue weighted by Gasteiger charge is -2.01. The molecule has 0 saturated carbocycles. The maximum atomic E-state index is 11.4. The molecule has 0 spiro atoms. The number of pyridine rings is 1. The van der Waals surface area contributed by atoms with Gasteiger partial charge in [0.1, 0.15) is 12.9 Å². The predicted molar refractivity (Wildman–Crippen MR) is 55.4 cm³/mol. The third-order valence-electron chi connectivity index (χ3n) is 2.06. The highest BCUT2D eigenvalue weighted by atomic mass is 79.9. The molecule has 0 N–H and O–H groups in total. The summed E-state index contributed by atoms with van der Waals surface area (Å²) in [5.74, 6) is -0.283. The van der Waals surface area contributed by atoms with E-state index in [1.54, 1.807) is 4.57 Å². The van der Waals surface area contributed by atoms with E-state index in [4.69, 9.17) is 4.74 Å². The first-order chi connectivity index (χ1) is 8.34. The second-order valence-corrected chi connectivity index (χ2v) is 3.34. The van der Waals surface area contributed by atoms with Crippen molar-refractivity contribution in [3.8, 4) is 0 Å². The van der Waals surface area contributed by atoms with Crippen LogP contribution < -0.4 is 21.5 Å². The highest BCUT2D eigenvalue weighted by Crippen LogP contribution is 1.84. The minimum absolute atomic E-state index is 0. The molecule has 2 heterocycles. The van der Waals surface area contributed by atoms with Crippen molar-refractivity contribution >= 4 is 5.97 Å². The first-order valence-corrected chi connectivity index (χ1v) is 5.15. The molecular weight excluding hydrogens is 302 g/mol. The predicted octanol–water partition coefficient (Wildman–Crippen LogP) is -3.79. The van der Waals surface area contributed by atoms with Crippen molar-refractivity contribution in [3.63, 3.8) is 0 Å². The molecule has 2 rings (SSSR count). The van der Waals surface area contributed by atoms with Crippen LogP contribution in [0.2, 0.25) is 0 Å². The molecule has 7 nitrogen and oxygen atoms in total. The molecule has 0 aliphatic heterocycles. The summed E-state index contributed by atoms with van der Waals surface area (Å²) < 4.78 is 8.30. The van der Waals surface area contributed by atoms with Crippen molar-refractivity contribution in [3.05, 3.63) is 36.9 Å². The van der Waals surface area contributed by atoms with Crippen LogP contribution in [-0.2, 0) is 22.6 Å². The Morgan fingerprint density at radius 2 is 2.06 bits per heavy atom. The third kappa shape index (κ3) is 4.58. The quantitative estimate of drug-likeness (QED) is 0.418. The fraction of sp³-hybridized carbons (Fsp3) is 0.300. The molecule has 0 atom stereocenters. The molecule has 0 unspecified atom stereocenters. The van der Waals surface area contributed by atoms with Gasteiger partial charge in [0.25, 0.3) is 0 Å². The standard InChI is InChI=1S/C10H12N5O2.BrH/c16-10(8-14-4-2-1-3-5-14)17-7-6-15-9-11-12-13-15;/h1-5,9H,6-8H2;1H/q+1;/p-1. The van der Waals surface area contributed by atoms with Gasteiger partial charge in [0.15, 0.2) is 12.4 Å². The lowest BCUT2D eigenvalue weighted by molar-refractivity contribution is -0.686. The summed E-state index contributed by atoms with van der Waals surface area (Å²) in [7, 11) is 0. The van der Waals surface area contributed by atoms with E-state index in [0.717, 1.165) is 0 Å². The van der Waals surface area contributed by atoms with Gasteiger partial charge in [0.05, 0.1) is 6.54 Å². The van der Waals surface area contributed by atoms with E-state index in [2.05, 4.69) is 15.5 Å². The lowest BCUT2D eigenvalue weighted by atomic mass is 10.5. The van der Waals surface area contributed by atoms with E-state index < -0.39 is 0 Å². The van der Waals surface area contributed by atoms with Crippen LogP contribution in [0.3, 0.4) is 0 Å². The summed E-state index contributed by atoms with van der Waals surface area (Å²) >= 11 is 0. The van der Waals surface area contributed by atoms with Crippen LogP contribution in [0.15, 0.2) is 36.9 Å². The minimum atomic E-state index is -0.283. The Bertz CT molecular complexity index is 462. The second-order valence-electron chi connectivity index (χ2n) is 3.34. The van der Waals surface area contributed by atoms with Crippen LogP contribution in [-0.4, -0.2) is 32.8 Å². The topological polar surface area (TPSA) is 73.8 Å². The van der Waals surface area contributed by atoms with Gasteiger partial charge < -0.3 is 21.7 Å². The smallest absolute Gasteiger partial charge is 0.372 e. The molecule has 0 bridgehead atoms. The van der Waals surface area contributed by atoms with Crippen LogP contribution in [0.1, 0.15) is 0 Å². The van der Waals surface area contributed by atoms with Crippen LogP contribution in [0.4, 0.5) is 0 Å². The molecule has 96 valence electrons. The Balaban J connectivity index is 0.00000162. The highest BCUT2D eigenvalue weighted by molar-refractivity contribution is 5.67. The van der Waals surface area contributed by atoms with E-state index in [0.29, 0.717) is 6.54 Å². The van der Waals surface area contributed by atoms with E-state index in [-0.39, 0.29) is 36.1 Å². The number of rotatable bonds is 5. The summed E-state index contributed by atoms with van der Waals surface area (Å²) in [4.78, 5) is 11.4. The Morgan fingerprint density at radius 3 is 2.72 bits per heavy atom. The fourth-order valence-corrected chi connectivity index (χ4v) is 1.27. The monoisotopic (exact) mass is 313 g/mol. The van der Waals surface area contributed by atoms with Crippen molar-refractivity contribution in [2.75, 3.05) is 6.61 Å². The molecule has 0 aromatic carbocycles. The average Bonchev–Trinajstić information content (AvgIpc) is 2.83. The fourth-order valence-electron chi connectivity index (χ4n) is 1.27. The summed E-state index contributed by atoms with van der Waals surface area (Å²) in [6.07, 6.45) is 5.09. The number of nitrogens with zero attached hydrogens (tertiary/aromatic N) is 5. The van der Waals surface area contributed by atoms with E-state index >= 15 is 0 Å². The van der Waals surface area contributed by atoms with Crippen LogP contribution in [0.25, 0.3) is 0 Å². The second kappa shape index (κ2) is 7.49. The van der Waals surface area contributed by atoms with Crippen LogP contribution in [0.5, 0.6) is 0 Å². The van der Waals surface area contributed by atoms with Crippen molar-refractivity contribution in [2.45, 2.75) is 13.1 Å². The third-order valence-corrected chi connectivity index (χ3v) is 2.06. The molecule has 0 aliphatic rings. The lowest BCUT2D eigenvalue weighted by Crippen LogP contribution is -3.00. The van der Waals surface area contributed by atoms with Gasteiger partial charge in [-0.2, -0.15) is 4.57 Å². The SMILES string of the molecule is O=C(C[n+]1ccccc1)OCCn1cnnn1.[Br-]. The Morgan fingerprint density at radius 1 is 1.28 bits per heavy atom. The van der Waals surface area contributed by atoms with Crippen LogP contribution in [0, 0.1) is 0 Å². The zero-order chi connectivity index (χ0) is 11.9. The summed E-state index contributed by atoms with van der Waals surface area (Å²) in [5.41, 5.74) is 0. The molecule has 0 saturated heterocycles. The van der Waals surface area contributed by atoms with Gasteiger partial charge >= 0.3 is 5.97 Å². The number of esters is 1. The number of carbonyl (C=O) groups is 1. The Labute approximate surface area is 114 Å². The number of hydrogen-bond acceptors (Lipinski definition) is 5. The van der Waals surface area contributed by atoms with Crippen molar-refractivity contribution < 1.29 is 31.1 Å². The normalized spacial score (nSPS) is 9.56. The number of tetrazole rings is 1. The molecule has 2 aromatic heterocycles. The zero-order valence-electron chi connectivity index (χ0n) is 9.52. The zero-order valence-corrected chi connectivity index (χ0v) is 11.1. The van der Waals surface area contributed by atoms with E-state index in [1.807, 2.05) is 30.6 Å². The molecule has 0 radical (unpaired) electrons. The number of halogens is 1. The van der Waals surface area contributed by atoms with Gasteiger partial charge in [-0.15, -0.1) is 5.10 Å². The van der Waals surface area contributed by atoms with E-state index in [1.165, 1.54) is 11.0 Å². The van der Waals surface area contributed by atoms with Gasteiger partial charge in [0, 0.05) is 12.1 Å². The van der Waals surface area contributed by atoms with E-state index in [9.17, 15) is 4.79 Å². The number of ether oxygens (including phenoxy) is 1. The molecular formula is C10H12BrN5O2. The average molecular weight is 314 g/mol. The van der Waals surface area contributed by atoms with Gasteiger partial charge in [-0.25, -0.2) is 9.48 Å². The molecule has 0 aliphatic carbocycles. The number of aromatic nitrogens is 5. The number of hydrogen-bond donors (Lipinski definition) is 0. The molecule has 2 aromatic rings. The maximum absolute atomic E-state index is 11.4. The first kappa shape index (κ1) is 14.2. The Kier molecular flexibility index (Phi) is 5.92. The van der Waals surface area contributed by atoms with Crippen molar-refractivity contribution in [1.82, 2.24) is 20.2 Å². The van der Waals surface area contributed by atoms with Gasteiger partial charge in [-0.3, -0.25) is 0 Å². The molecule has 8 heteroatoms.